The van der Waals surface area contributed by atoms with E-state index < -0.39 is 12.0 Å². The number of esters is 1. The third-order valence-corrected chi connectivity index (χ3v) is 3.92. The minimum Gasteiger partial charge on any atom is -0.426 e. The largest absolute Gasteiger partial charge is 0.426 e. The topological polar surface area (TPSA) is 63.7 Å². The van der Waals surface area contributed by atoms with E-state index in [2.05, 4.69) is 0 Å². The number of amides is 2. The Morgan fingerprint density at radius 1 is 1.05 bits per heavy atom. The van der Waals surface area contributed by atoms with Crippen molar-refractivity contribution in [1.82, 2.24) is 4.90 Å². The summed E-state index contributed by atoms with van der Waals surface area (Å²) in [6, 6.07) is 8.42. The Balaban J connectivity index is 1.73. The van der Waals surface area contributed by atoms with Crippen molar-refractivity contribution in [3.05, 3.63) is 42.5 Å². The summed E-state index contributed by atoms with van der Waals surface area (Å²) in [5.74, 6) is -1.03. The fourth-order valence-electron chi connectivity index (χ4n) is 2.94. The molecule has 2 aliphatic rings. The highest BCUT2D eigenvalue weighted by molar-refractivity contribution is 6.13. The van der Waals surface area contributed by atoms with Gasteiger partial charge in [-0.25, -0.2) is 0 Å². The number of hydrogen-bond acceptors (Lipinski definition) is 4. The van der Waals surface area contributed by atoms with Gasteiger partial charge in [-0.05, 0) is 25.0 Å². The maximum Gasteiger partial charge on any atom is 0.316 e. The molecule has 0 unspecified atom stereocenters. The first-order chi connectivity index (χ1) is 10.2. The van der Waals surface area contributed by atoms with Gasteiger partial charge in [-0.3, -0.25) is 19.3 Å². The highest BCUT2D eigenvalue weighted by Crippen LogP contribution is 2.33. The van der Waals surface area contributed by atoms with Crippen LogP contribution in [0.1, 0.15) is 19.3 Å². The fourth-order valence-corrected chi connectivity index (χ4v) is 2.94. The molecule has 0 N–H and O–H groups in total. The van der Waals surface area contributed by atoms with E-state index in [-0.39, 0.29) is 17.8 Å². The second-order valence-corrected chi connectivity index (χ2v) is 5.22. The normalized spacial score (nSPS) is 24.7. The van der Waals surface area contributed by atoms with Crippen LogP contribution in [-0.2, 0) is 14.4 Å². The molecule has 1 saturated carbocycles. The molecule has 0 aromatic heterocycles. The minimum atomic E-state index is -0.446. The van der Waals surface area contributed by atoms with Crippen molar-refractivity contribution >= 4 is 17.8 Å². The molecule has 1 fully saturated rings. The zero-order chi connectivity index (χ0) is 14.8. The van der Waals surface area contributed by atoms with Gasteiger partial charge in [0.15, 0.2) is 0 Å². The number of hydrogen-bond donors (Lipinski definition) is 0. The minimum absolute atomic E-state index is 0.343. The third kappa shape index (κ3) is 2.59. The summed E-state index contributed by atoms with van der Waals surface area (Å²) in [5.41, 5.74) is 0. The molecule has 0 saturated heterocycles. The average molecular weight is 285 g/mol. The summed E-state index contributed by atoms with van der Waals surface area (Å²) >= 11 is 0. The van der Waals surface area contributed by atoms with Crippen molar-refractivity contribution in [2.24, 2.45) is 5.92 Å². The fraction of sp³-hybridized carbons (Fsp3) is 0.312. The first kappa shape index (κ1) is 13.5. The highest BCUT2D eigenvalue weighted by atomic mass is 16.5. The molecule has 0 radical (unpaired) electrons. The highest BCUT2D eigenvalue weighted by Gasteiger charge is 2.43. The van der Waals surface area contributed by atoms with Gasteiger partial charge in [0.2, 0.25) is 0 Å². The number of carbonyl (C=O) groups excluding carboxylic acids is 3. The monoisotopic (exact) mass is 285 g/mol. The molecule has 0 spiro atoms. The van der Waals surface area contributed by atoms with Crippen LogP contribution in [0.3, 0.4) is 0 Å². The van der Waals surface area contributed by atoms with E-state index in [1.807, 2.05) is 6.07 Å². The van der Waals surface area contributed by atoms with E-state index in [0.717, 1.165) is 6.42 Å². The quantitative estimate of drug-likeness (QED) is 0.481. The Morgan fingerprint density at radius 3 is 2.38 bits per heavy atom. The van der Waals surface area contributed by atoms with E-state index in [0.29, 0.717) is 18.6 Å². The van der Waals surface area contributed by atoms with Crippen LogP contribution >= 0.6 is 0 Å². The van der Waals surface area contributed by atoms with Crippen LogP contribution in [0.15, 0.2) is 42.5 Å². The number of imide groups is 1. The molecule has 21 heavy (non-hydrogen) atoms. The van der Waals surface area contributed by atoms with Gasteiger partial charge in [0.25, 0.3) is 11.8 Å². The molecule has 1 aliphatic carbocycles. The number of carbonyl (C=O) groups is 3. The second kappa shape index (κ2) is 5.52. The van der Waals surface area contributed by atoms with Gasteiger partial charge in [0.1, 0.15) is 5.75 Å². The maximum atomic E-state index is 12.3. The van der Waals surface area contributed by atoms with Crippen molar-refractivity contribution in [3.8, 4) is 5.75 Å². The summed E-state index contributed by atoms with van der Waals surface area (Å²) in [4.78, 5) is 37.0. The number of benzene rings is 1. The van der Waals surface area contributed by atoms with Crippen LogP contribution in [0.5, 0.6) is 5.75 Å². The Labute approximate surface area is 122 Å². The van der Waals surface area contributed by atoms with Gasteiger partial charge in [-0.1, -0.05) is 24.6 Å². The Kier molecular flexibility index (Phi) is 3.56. The van der Waals surface area contributed by atoms with E-state index in [1.54, 1.807) is 24.3 Å². The predicted octanol–water partition coefficient (Wildman–Crippen LogP) is 1.69. The van der Waals surface area contributed by atoms with Crippen LogP contribution in [0, 0.1) is 5.92 Å². The van der Waals surface area contributed by atoms with Crippen molar-refractivity contribution in [2.75, 3.05) is 0 Å². The molecular formula is C16H15NO4. The molecule has 1 heterocycles. The van der Waals surface area contributed by atoms with Crippen LogP contribution in [0.2, 0.25) is 0 Å². The van der Waals surface area contributed by atoms with Gasteiger partial charge < -0.3 is 4.74 Å². The molecule has 108 valence electrons. The SMILES string of the molecule is O=C(Oc1ccccc1)[C@H]1CCC[C@@H]1N1C(=O)C=CC1=O. The number of para-hydroxylation sites is 1. The van der Waals surface area contributed by atoms with Gasteiger partial charge in [0, 0.05) is 12.2 Å². The standard InChI is InChI=1S/C16H15NO4/c18-14-9-10-15(19)17(14)13-8-4-7-12(13)16(20)21-11-5-2-1-3-6-11/h1-3,5-6,9-10,12-13H,4,7-8H2/t12-,13-/m0/s1. The summed E-state index contributed by atoms with van der Waals surface area (Å²) < 4.78 is 5.35. The zero-order valence-electron chi connectivity index (χ0n) is 11.4. The van der Waals surface area contributed by atoms with E-state index in [1.165, 1.54) is 17.1 Å². The first-order valence-electron chi connectivity index (χ1n) is 6.99. The molecule has 5 heteroatoms. The van der Waals surface area contributed by atoms with Crippen LogP contribution < -0.4 is 4.74 Å². The number of nitrogens with zero attached hydrogens (tertiary/aromatic N) is 1. The van der Waals surface area contributed by atoms with Crippen molar-refractivity contribution in [1.29, 1.82) is 0 Å². The van der Waals surface area contributed by atoms with E-state index in [9.17, 15) is 14.4 Å². The second-order valence-electron chi connectivity index (χ2n) is 5.22. The van der Waals surface area contributed by atoms with E-state index in [4.69, 9.17) is 4.74 Å². The number of rotatable bonds is 3. The predicted molar refractivity (Wildman–Crippen MR) is 74.2 cm³/mol. The smallest absolute Gasteiger partial charge is 0.316 e. The molecule has 3 rings (SSSR count). The van der Waals surface area contributed by atoms with Gasteiger partial charge >= 0.3 is 5.97 Å². The lowest BCUT2D eigenvalue weighted by atomic mass is 10.0. The third-order valence-electron chi connectivity index (χ3n) is 3.92. The molecule has 1 aliphatic heterocycles. The summed E-state index contributed by atoms with van der Waals surface area (Å²) in [7, 11) is 0. The van der Waals surface area contributed by atoms with Crippen molar-refractivity contribution in [3.63, 3.8) is 0 Å². The summed E-state index contributed by atoms with van der Waals surface area (Å²) in [5, 5.41) is 0. The average Bonchev–Trinajstić information content (AvgIpc) is 3.07. The van der Waals surface area contributed by atoms with Gasteiger partial charge in [-0.2, -0.15) is 0 Å². The molecular weight excluding hydrogens is 270 g/mol. The van der Waals surface area contributed by atoms with Crippen molar-refractivity contribution in [2.45, 2.75) is 25.3 Å². The lowest BCUT2D eigenvalue weighted by Gasteiger charge is -2.26. The summed E-state index contributed by atoms with van der Waals surface area (Å²) in [6.07, 6.45) is 4.58. The Bertz CT molecular complexity index is 590. The molecule has 0 bridgehead atoms. The first-order valence-corrected chi connectivity index (χ1v) is 6.99. The van der Waals surface area contributed by atoms with Crippen LogP contribution in [0.25, 0.3) is 0 Å². The molecule has 1 aromatic carbocycles. The Hall–Kier alpha value is -2.43. The van der Waals surface area contributed by atoms with Crippen molar-refractivity contribution < 1.29 is 19.1 Å². The summed E-state index contributed by atoms with van der Waals surface area (Å²) in [6.45, 7) is 0. The van der Waals surface area contributed by atoms with Gasteiger partial charge in [-0.15, -0.1) is 0 Å². The molecule has 2 atom stereocenters. The lowest BCUT2D eigenvalue weighted by Crippen LogP contribution is -2.45. The van der Waals surface area contributed by atoms with E-state index >= 15 is 0 Å². The van der Waals surface area contributed by atoms with Gasteiger partial charge in [0.05, 0.1) is 12.0 Å². The van der Waals surface area contributed by atoms with Crippen LogP contribution in [0.4, 0.5) is 0 Å². The maximum absolute atomic E-state index is 12.3. The molecule has 2 amide bonds. The lowest BCUT2D eigenvalue weighted by molar-refractivity contribution is -0.145. The number of ether oxygens (including phenoxy) is 1. The molecule has 5 nitrogen and oxygen atoms in total. The Morgan fingerprint density at radius 2 is 1.71 bits per heavy atom. The molecule has 1 aromatic rings. The van der Waals surface area contributed by atoms with Crippen LogP contribution in [-0.4, -0.2) is 28.7 Å². The zero-order valence-corrected chi connectivity index (χ0v) is 11.4.